The van der Waals surface area contributed by atoms with Crippen molar-refractivity contribution in [2.24, 2.45) is 0 Å². The van der Waals surface area contributed by atoms with Crippen molar-refractivity contribution in [2.75, 3.05) is 5.32 Å². The molecule has 0 saturated carbocycles. The maximum Gasteiger partial charge on any atom is 0.257 e. The van der Waals surface area contributed by atoms with Gasteiger partial charge in [-0.3, -0.25) is 4.79 Å². The first-order chi connectivity index (χ1) is 13.5. The van der Waals surface area contributed by atoms with Gasteiger partial charge in [0.1, 0.15) is 0 Å². The molecule has 1 amide bonds. The second-order valence-electron chi connectivity index (χ2n) is 7.08. The van der Waals surface area contributed by atoms with Gasteiger partial charge in [-0.15, -0.1) is 0 Å². The summed E-state index contributed by atoms with van der Waals surface area (Å²) in [5, 5.41) is 8.31. The van der Waals surface area contributed by atoms with Crippen LogP contribution in [0, 0.1) is 6.92 Å². The Kier molecular flexibility index (Phi) is 4.65. The Hall–Kier alpha value is -3.47. The number of aromatic nitrogens is 3. The van der Waals surface area contributed by atoms with Crippen LogP contribution in [-0.2, 0) is 0 Å². The van der Waals surface area contributed by atoms with Crippen molar-refractivity contribution in [1.29, 1.82) is 0 Å². The molecule has 1 N–H and O–H groups in total. The van der Waals surface area contributed by atoms with Gasteiger partial charge in [0, 0.05) is 22.7 Å². The molecule has 0 aliphatic carbocycles. The van der Waals surface area contributed by atoms with Crippen LogP contribution in [0.4, 0.5) is 5.69 Å². The summed E-state index contributed by atoms with van der Waals surface area (Å²) in [5.41, 5.74) is 4.85. The van der Waals surface area contributed by atoms with Crippen LogP contribution >= 0.6 is 0 Å². The van der Waals surface area contributed by atoms with Gasteiger partial charge in [-0.25, -0.2) is 9.67 Å². The number of carbonyl (C=O) groups excluding carboxylic acids is 1. The highest BCUT2D eigenvalue weighted by molar-refractivity contribution is 6.08. The van der Waals surface area contributed by atoms with Gasteiger partial charge < -0.3 is 5.32 Å². The van der Waals surface area contributed by atoms with Gasteiger partial charge in [0.25, 0.3) is 5.91 Å². The zero-order valence-corrected chi connectivity index (χ0v) is 16.2. The van der Waals surface area contributed by atoms with Crippen LogP contribution in [0.25, 0.3) is 22.2 Å². The fourth-order valence-corrected chi connectivity index (χ4v) is 3.32. The van der Waals surface area contributed by atoms with E-state index in [9.17, 15) is 4.79 Å². The molecule has 140 valence electrons. The first-order valence-corrected chi connectivity index (χ1v) is 9.35. The van der Waals surface area contributed by atoms with E-state index in [1.807, 2.05) is 72.3 Å². The van der Waals surface area contributed by atoms with Gasteiger partial charge in [0.05, 0.1) is 17.5 Å². The highest BCUT2D eigenvalue weighted by Crippen LogP contribution is 2.28. The maximum atomic E-state index is 13.0. The average molecular weight is 370 g/mol. The second kappa shape index (κ2) is 7.27. The topological polar surface area (TPSA) is 59.8 Å². The molecule has 2 aromatic carbocycles. The molecule has 4 aromatic rings. The first-order valence-electron chi connectivity index (χ1n) is 9.35. The summed E-state index contributed by atoms with van der Waals surface area (Å²) in [5.74, 6) is -0.174. The Morgan fingerprint density at radius 3 is 2.50 bits per heavy atom. The van der Waals surface area contributed by atoms with Gasteiger partial charge in [-0.2, -0.15) is 5.10 Å². The predicted molar refractivity (Wildman–Crippen MR) is 112 cm³/mol. The minimum Gasteiger partial charge on any atom is -0.321 e. The lowest BCUT2D eigenvalue weighted by Gasteiger charge is -2.13. The van der Waals surface area contributed by atoms with E-state index in [1.54, 1.807) is 6.20 Å². The van der Waals surface area contributed by atoms with Gasteiger partial charge in [-0.1, -0.05) is 48.5 Å². The van der Waals surface area contributed by atoms with Crippen LogP contribution in [0.15, 0.2) is 66.9 Å². The Morgan fingerprint density at radius 1 is 1.04 bits per heavy atom. The summed E-state index contributed by atoms with van der Waals surface area (Å²) >= 11 is 0. The number of amides is 1. The first kappa shape index (κ1) is 17.9. The molecule has 0 radical (unpaired) electrons. The largest absolute Gasteiger partial charge is 0.321 e. The zero-order valence-electron chi connectivity index (χ0n) is 16.2. The Bertz CT molecular complexity index is 1150. The third-order valence-electron chi connectivity index (χ3n) is 4.75. The van der Waals surface area contributed by atoms with E-state index in [2.05, 4.69) is 29.2 Å². The number of para-hydroxylation sites is 1. The quantitative estimate of drug-likeness (QED) is 0.534. The molecule has 2 heterocycles. The lowest BCUT2D eigenvalue weighted by molar-refractivity contribution is 0.102. The van der Waals surface area contributed by atoms with Crippen LogP contribution in [-0.4, -0.2) is 20.7 Å². The zero-order chi connectivity index (χ0) is 19.7. The minimum absolute atomic E-state index is 0.174. The van der Waals surface area contributed by atoms with E-state index < -0.39 is 0 Å². The SMILES string of the molecule is Cc1nc2c(cnn2C(C)C)cc1C(=O)Nc1ccccc1-c1ccccc1. The highest BCUT2D eigenvalue weighted by atomic mass is 16.1. The molecular weight excluding hydrogens is 348 g/mol. The summed E-state index contributed by atoms with van der Waals surface area (Å²) < 4.78 is 1.87. The molecule has 0 aliphatic heterocycles. The van der Waals surface area contributed by atoms with Crippen LogP contribution in [0.3, 0.4) is 0 Å². The molecule has 4 rings (SSSR count). The monoisotopic (exact) mass is 370 g/mol. The average Bonchev–Trinajstić information content (AvgIpc) is 3.11. The number of nitrogens with zero attached hydrogens (tertiary/aromatic N) is 3. The van der Waals surface area contributed by atoms with Crippen molar-refractivity contribution in [3.8, 4) is 11.1 Å². The molecule has 0 saturated heterocycles. The third-order valence-corrected chi connectivity index (χ3v) is 4.75. The molecular formula is C23H22N4O. The second-order valence-corrected chi connectivity index (χ2v) is 7.08. The van der Waals surface area contributed by atoms with Crippen molar-refractivity contribution in [3.63, 3.8) is 0 Å². The minimum atomic E-state index is -0.174. The number of pyridine rings is 1. The molecule has 5 heteroatoms. The number of hydrogen-bond donors (Lipinski definition) is 1. The predicted octanol–water partition coefficient (Wildman–Crippen LogP) is 5.24. The van der Waals surface area contributed by atoms with Gasteiger partial charge in [0.15, 0.2) is 5.65 Å². The Labute approximate surface area is 164 Å². The molecule has 0 spiro atoms. The van der Waals surface area contributed by atoms with E-state index in [1.165, 1.54) is 0 Å². The lowest BCUT2D eigenvalue weighted by Crippen LogP contribution is -2.15. The Morgan fingerprint density at radius 2 is 1.75 bits per heavy atom. The van der Waals surface area contributed by atoms with E-state index in [0.29, 0.717) is 11.3 Å². The number of rotatable bonds is 4. The number of anilines is 1. The molecule has 28 heavy (non-hydrogen) atoms. The molecule has 0 atom stereocenters. The fourth-order valence-electron chi connectivity index (χ4n) is 3.32. The molecule has 0 fully saturated rings. The van der Waals surface area contributed by atoms with Crippen molar-refractivity contribution in [1.82, 2.24) is 14.8 Å². The number of nitrogens with one attached hydrogen (secondary N) is 1. The fraction of sp³-hybridized carbons (Fsp3) is 0.174. The summed E-state index contributed by atoms with van der Waals surface area (Å²) in [6.07, 6.45) is 1.76. The van der Waals surface area contributed by atoms with Gasteiger partial charge >= 0.3 is 0 Å². The van der Waals surface area contributed by atoms with Crippen LogP contribution in [0.5, 0.6) is 0 Å². The number of fused-ring (bicyclic) bond motifs is 1. The normalized spacial score (nSPS) is 11.1. The lowest BCUT2D eigenvalue weighted by atomic mass is 10.0. The molecule has 0 aliphatic rings. The summed E-state index contributed by atoms with van der Waals surface area (Å²) in [6.45, 7) is 5.98. The van der Waals surface area contributed by atoms with Gasteiger partial charge in [-0.05, 0) is 38.5 Å². The molecule has 2 aromatic heterocycles. The number of hydrogen-bond acceptors (Lipinski definition) is 3. The Balaban J connectivity index is 1.69. The van der Waals surface area contributed by atoms with Crippen molar-refractivity contribution < 1.29 is 4.79 Å². The van der Waals surface area contributed by atoms with Crippen molar-refractivity contribution in [3.05, 3.63) is 78.1 Å². The van der Waals surface area contributed by atoms with Gasteiger partial charge in [0.2, 0.25) is 0 Å². The molecule has 0 bridgehead atoms. The van der Waals surface area contributed by atoms with E-state index in [4.69, 9.17) is 0 Å². The smallest absolute Gasteiger partial charge is 0.257 e. The van der Waals surface area contributed by atoms with Crippen LogP contribution in [0.1, 0.15) is 35.9 Å². The molecule has 5 nitrogen and oxygen atoms in total. The molecule has 0 unspecified atom stereocenters. The van der Waals surface area contributed by atoms with Crippen molar-refractivity contribution >= 4 is 22.6 Å². The maximum absolute atomic E-state index is 13.0. The van der Waals surface area contributed by atoms with Crippen LogP contribution in [0.2, 0.25) is 0 Å². The number of carbonyl (C=O) groups is 1. The van der Waals surface area contributed by atoms with Crippen LogP contribution < -0.4 is 5.32 Å². The highest BCUT2D eigenvalue weighted by Gasteiger charge is 2.16. The van der Waals surface area contributed by atoms with E-state index in [0.717, 1.165) is 27.8 Å². The number of benzene rings is 2. The third kappa shape index (κ3) is 3.27. The summed E-state index contributed by atoms with van der Waals surface area (Å²) in [7, 11) is 0. The number of aryl methyl sites for hydroxylation is 1. The summed E-state index contributed by atoms with van der Waals surface area (Å²) in [6, 6.07) is 19.9. The van der Waals surface area contributed by atoms with E-state index in [-0.39, 0.29) is 11.9 Å². The van der Waals surface area contributed by atoms with E-state index >= 15 is 0 Å². The summed E-state index contributed by atoms with van der Waals surface area (Å²) in [4.78, 5) is 17.7. The standard InChI is InChI=1S/C23H22N4O/c1-15(2)27-22-18(14-24-27)13-20(16(3)25-22)23(28)26-21-12-8-7-11-19(21)17-9-5-4-6-10-17/h4-15H,1-3H3,(H,26,28). The van der Waals surface area contributed by atoms with Crippen molar-refractivity contribution in [2.45, 2.75) is 26.8 Å².